The molecule has 1 amide bonds. The molecule has 2 aliphatic carbocycles. The Morgan fingerprint density at radius 2 is 1.83 bits per heavy atom. The number of ether oxygens (including phenoxy) is 1. The standard InChI is InChI=1S/C21H18ClNO5S/c1-28-21(27)17-13(12-4-2-3-5-14(12)22)9-29-19(17)23-18(24)15-10-6-7-11(8-10)16(15)20(25)26/h2-7,9-11,15-16H,8H2,1H3,(H,23,24)(H,25,26)/t10-,11-,15+,16-/m0/s1. The molecule has 150 valence electrons. The summed E-state index contributed by atoms with van der Waals surface area (Å²) in [6.45, 7) is 0. The minimum Gasteiger partial charge on any atom is -0.481 e. The van der Waals surface area contributed by atoms with Crippen LogP contribution in [0.3, 0.4) is 0 Å². The Balaban J connectivity index is 1.68. The first-order valence-corrected chi connectivity index (χ1v) is 10.3. The number of benzene rings is 1. The smallest absolute Gasteiger partial charge is 0.341 e. The highest BCUT2D eigenvalue weighted by molar-refractivity contribution is 7.15. The van der Waals surface area contributed by atoms with Crippen molar-refractivity contribution >= 4 is 45.8 Å². The fourth-order valence-electron chi connectivity index (χ4n) is 4.34. The van der Waals surface area contributed by atoms with Crippen LogP contribution in [0, 0.1) is 23.7 Å². The van der Waals surface area contributed by atoms with Gasteiger partial charge in [0.25, 0.3) is 0 Å². The summed E-state index contributed by atoms with van der Waals surface area (Å²) < 4.78 is 4.92. The Morgan fingerprint density at radius 3 is 2.48 bits per heavy atom. The second kappa shape index (κ2) is 7.65. The Hall–Kier alpha value is -2.64. The Bertz CT molecular complexity index is 1030. The third kappa shape index (κ3) is 3.34. The van der Waals surface area contributed by atoms with Crippen LogP contribution in [0.2, 0.25) is 5.02 Å². The minimum atomic E-state index is -0.974. The van der Waals surface area contributed by atoms with Crippen molar-refractivity contribution in [3.63, 3.8) is 0 Å². The summed E-state index contributed by atoms with van der Waals surface area (Å²) in [5.41, 5.74) is 1.42. The van der Waals surface area contributed by atoms with Crippen LogP contribution in [-0.2, 0) is 14.3 Å². The summed E-state index contributed by atoms with van der Waals surface area (Å²) in [6, 6.07) is 7.08. The zero-order valence-corrected chi connectivity index (χ0v) is 17.0. The van der Waals surface area contributed by atoms with Crippen LogP contribution in [0.15, 0.2) is 41.8 Å². The van der Waals surface area contributed by atoms with E-state index in [0.717, 1.165) is 0 Å². The van der Waals surface area contributed by atoms with Crippen LogP contribution in [0.4, 0.5) is 5.00 Å². The quantitative estimate of drug-likeness (QED) is 0.543. The second-order valence-corrected chi connectivity index (χ2v) is 8.44. The van der Waals surface area contributed by atoms with Gasteiger partial charge in [-0.3, -0.25) is 9.59 Å². The van der Waals surface area contributed by atoms with Crippen LogP contribution in [-0.4, -0.2) is 30.1 Å². The highest BCUT2D eigenvalue weighted by atomic mass is 35.5. The van der Waals surface area contributed by atoms with Gasteiger partial charge in [0.1, 0.15) is 10.6 Å². The second-order valence-electron chi connectivity index (χ2n) is 7.15. The zero-order valence-electron chi connectivity index (χ0n) is 15.4. The molecular weight excluding hydrogens is 414 g/mol. The summed E-state index contributed by atoms with van der Waals surface area (Å²) in [7, 11) is 1.27. The number of hydrogen-bond acceptors (Lipinski definition) is 5. The lowest BCUT2D eigenvalue weighted by Gasteiger charge is -2.23. The number of carboxylic acids is 1. The maximum atomic E-state index is 13.0. The lowest BCUT2D eigenvalue weighted by atomic mass is 9.82. The van der Waals surface area contributed by atoms with Gasteiger partial charge in [-0.2, -0.15) is 0 Å². The fourth-order valence-corrected chi connectivity index (χ4v) is 5.53. The van der Waals surface area contributed by atoms with Crippen LogP contribution in [0.25, 0.3) is 11.1 Å². The SMILES string of the molecule is COC(=O)c1c(-c2ccccc2Cl)csc1NC(=O)[C@H]1[C@@H](C(=O)O)[C@H]2C=C[C@H]1C2. The molecule has 1 aromatic carbocycles. The topological polar surface area (TPSA) is 92.7 Å². The summed E-state index contributed by atoms with van der Waals surface area (Å²) >= 11 is 7.47. The molecule has 1 aromatic heterocycles. The molecule has 0 saturated heterocycles. The number of thiophene rings is 1. The van der Waals surface area contributed by atoms with Crippen molar-refractivity contribution in [1.29, 1.82) is 0 Å². The first-order chi connectivity index (χ1) is 13.9. The highest BCUT2D eigenvalue weighted by Gasteiger charge is 2.51. The maximum Gasteiger partial charge on any atom is 0.341 e. The first-order valence-electron chi connectivity index (χ1n) is 9.09. The van der Waals surface area contributed by atoms with Crippen molar-refractivity contribution in [1.82, 2.24) is 0 Å². The van der Waals surface area contributed by atoms with Crippen molar-refractivity contribution in [3.05, 3.63) is 52.4 Å². The van der Waals surface area contributed by atoms with Gasteiger partial charge in [-0.15, -0.1) is 11.3 Å². The Labute approximate surface area is 176 Å². The van der Waals surface area contributed by atoms with E-state index < -0.39 is 29.7 Å². The van der Waals surface area contributed by atoms with Gasteiger partial charge in [0.15, 0.2) is 0 Å². The molecule has 0 radical (unpaired) electrons. The van der Waals surface area contributed by atoms with Crippen LogP contribution < -0.4 is 5.32 Å². The molecular formula is C21H18ClNO5S. The largest absolute Gasteiger partial charge is 0.481 e. The monoisotopic (exact) mass is 431 g/mol. The van der Waals surface area contributed by atoms with Gasteiger partial charge < -0.3 is 15.2 Å². The number of carbonyl (C=O) groups excluding carboxylic acids is 2. The third-order valence-electron chi connectivity index (χ3n) is 5.63. The lowest BCUT2D eigenvalue weighted by Crippen LogP contribution is -2.36. The number of esters is 1. The van der Waals surface area contributed by atoms with Gasteiger partial charge in [-0.05, 0) is 24.3 Å². The molecule has 2 aromatic rings. The van der Waals surface area contributed by atoms with Crippen LogP contribution in [0.1, 0.15) is 16.8 Å². The molecule has 4 atom stereocenters. The number of nitrogens with one attached hydrogen (secondary N) is 1. The molecule has 8 heteroatoms. The number of carboxylic acid groups (broad SMARTS) is 1. The zero-order chi connectivity index (χ0) is 20.7. The van der Waals surface area contributed by atoms with Crippen LogP contribution in [0.5, 0.6) is 0 Å². The average Bonchev–Trinajstić information content (AvgIpc) is 3.42. The molecule has 0 aliphatic heterocycles. The van der Waals surface area contributed by atoms with E-state index in [2.05, 4.69) is 5.32 Å². The van der Waals surface area contributed by atoms with E-state index in [9.17, 15) is 19.5 Å². The fraction of sp³-hybridized carbons (Fsp3) is 0.286. The van der Waals surface area contributed by atoms with E-state index in [1.165, 1.54) is 18.4 Å². The summed E-state index contributed by atoms with van der Waals surface area (Å²) in [5.74, 6) is -3.63. The number of aliphatic carboxylic acids is 1. The molecule has 0 spiro atoms. The molecule has 1 fully saturated rings. The summed E-state index contributed by atoms with van der Waals surface area (Å²) in [4.78, 5) is 37.2. The lowest BCUT2D eigenvalue weighted by molar-refractivity contribution is -0.146. The Kier molecular flexibility index (Phi) is 5.19. The van der Waals surface area contributed by atoms with E-state index >= 15 is 0 Å². The normalized spacial score (nSPS) is 24.5. The van der Waals surface area contributed by atoms with Crippen molar-refractivity contribution in [2.75, 3.05) is 12.4 Å². The number of carbonyl (C=O) groups is 3. The molecule has 29 heavy (non-hydrogen) atoms. The summed E-state index contributed by atoms with van der Waals surface area (Å²) in [5, 5.41) is 14.9. The average molecular weight is 432 g/mol. The van der Waals surface area contributed by atoms with Crippen LogP contribution >= 0.6 is 22.9 Å². The van der Waals surface area contributed by atoms with E-state index in [1.807, 2.05) is 12.2 Å². The van der Waals surface area contributed by atoms with E-state index in [0.29, 0.717) is 27.6 Å². The van der Waals surface area contributed by atoms with Gasteiger partial charge in [0.2, 0.25) is 5.91 Å². The van der Waals surface area contributed by atoms with Gasteiger partial charge in [0.05, 0.1) is 18.9 Å². The highest BCUT2D eigenvalue weighted by Crippen LogP contribution is 2.49. The first kappa shape index (κ1) is 19.7. The van der Waals surface area contributed by atoms with E-state index in [-0.39, 0.29) is 17.4 Å². The van der Waals surface area contributed by atoms with Crippen molar-refractivity contribution in [2.24, 2.45) is 23.7 Å². The van der Waals surface area contributed by atoms with Gasteiger partial charge in [-0.25, -0.2) is 4.79 Å². The number of anilines is 1. The van der Waals surface area contributed by atoms with Gasteiger partial charge in [0, 0.05) is 21.5 Å². The number of amides is 1. The van der Waals surface area contributed by atoms with Gasteiger partial charge in [-0.1, -0.05) is 42.0 Å². The van der Waals surface area contributed by atoms with Crippen molar-refractivity contribution in [3.8, 4) is 11.1 Å². The number of rotatable bonds is 5. The summed E-state index contributed by atoms with van der Waals surface area (Å²) in [6.07, 6.45) is 4.46. The number of hydrogen-bond donors (Lipinski definition) is 2. The Morgan fingerprint density at radius 1 is 1.14 bits per heavy atom. The maximum absolute atomic E-state index is 13.0. The van der Waals surface area contributed by atoms with Gasteiger partial charge >= 0.3 is 11.9 Å². The number of methoxy groups -OCH3 is 1. The predicted octanol–water partition coefficient (Wildman–Crippen LogP) is 4.32. The number of halogens is 1. The number of allylic oxidation sites excluding steroid dienone is 2. The molecule has 2 N–H and O–H groups in total. The molecule has 2 bridgehead atoms. The minimum absolute atomic E-state index is 0.106. The molecule has 0 unspecified atom stereocenters. The molecule has 1 saturated carbocycles. The van der Waals surface area contributed by atoms with Crippen molar-refractivity contribution < 1.29 is 24.2 Å². The molecule has 6 nitrogen and oxygen atoms in total. The van der Waals surface area contributed by atoms with E-state index in [4.69, 9.17) is 16.3 Å². The molecule has 4 rings (SSSR count). The third-order valence-corrected chi connectivity index (χ3v) is 6.85. The predicted molar refractivity (Wildman–Crippen MR) is 110 cm³/mol. The van der Waals surface area contributed by atoms with Crippen molar-refractivity contribution in [2.45, 2.75) is 6.42 Å². The molecule has 2 aliphatic rings. The molecule has 1 heterocycles. The van der Waals surface area contributed by atoms with E-state index in [1.54, 1.807) is 29.6 Å². The number of fused-ring (bicyclic) bond motifs is 2.